The van der Waals surface area contributed by atoms with Gasteiger partial charge in [-0.1, -0.05) is 39.1 Å². The third-order valence-electron chi connectivity index (χ3n) is 1.81. The SMILES string of the molecule is O=C1OC(=Nc2ccc(Br)cc2)C(Cl)=C1Cl. The smallest absolute Gasteiger partial charge is 0.358 e. The van der Waals surface area contributed by atoms with Gasteiger partial charge in [0.2, 0.25) is 5.90 Å². The number of carbonyl (C=O) groups is 1. The molecule has 16 heavy (non-hydrogen) atoms. The van der Waals surface area contributed by atoms with Gasteiger partial charge in [0.05, 0.1) is 5.69 Å². The minimum absolute atomic E-state index is 0.0268. The van der Waals surface area contributed by atoms with Crippen LogP contribution in [0.3, 0.4) is 0 Å². The molecule has 0 N–H and O–H groups in total. The number of hydrogen-bond donors (Lipinski definition) is 0. The molecule has 0 aromatic heterocycles. The van der Waals surface area contributed by atoms with E-state index in [0.717, 1.165) is 4.47 Å². The Bertz CT molecular complexity index is 508. The fraction of sp³-hybridized carbons (Fsp3) is 0. The summed E-state index contributed by atoms with van der Waals surface area (Å²) in [7, 11) is 0. The molecular formula is C10H4BrCl2NO2. The van der Waals surface area contributed by atoms with Gasteiger partial charge < -0.3 is 4.74 Å². The Morgan fingerprint density at radius 3 is 2.25 bits per heavy atom. The topological polar surface area (TPSA) is 38.7 Å². The molecule has 1 aliphatic rings. The highest BCUT2D eigenvalue weighted by molar-refractivity contribution is 9.10. The van der Waals surface area contributed by atoms with Gasteiger partial charge in [-0.15, -0.1) is 0 Å². The first-order valence-electron chi connectivity index (χ1n) is 4.20. The average Bonchev–Trinajstić information content (AvgIpc) is 2.50. The number of esters is 1. The lowest BCUT2D eigenvalue weighted by atomic mass is 10.3. The second kappa shape index (κ2) is 4.57. The summed E-state index contributed by atoms with van der Waals surface area (Å²) in [6.45, 7) is 0. The lowest BCUT2D eigenvalue weighted by Gasteiger charge is -1.97. The third kappa shape index (κ3) is 2.29. The second-order valence-corrected chi connectivity index (χ2v) is 4.58. The van der Waals surface area contributed by atoms with Crippen molar-refractivity contribution in [3.63, 3.8) is 0 Å². The molecular weight excluding hydrogens is 317 g/mol. The average molecular weight is 321 g/mol. The van der Waals surface area contributed by atoms with E-state index in [0.29, 0.717) is 5.69 Å². The van der Waals surface area contributed by atoms with Crippen molar-refractivity contribution in [1.29, 1.82) is 0 Å². The molecule has 3 nitrogen and oxygen atoms in total. The van der Waals surface area contributed by atoms with E-state index in [1.807, 2.05) is 12.1 Å². The van der Waals surface area contributed by atoms with Gasteiger partial charge in [-0.3, -0.25) is 0 Å². The van der Waals surface area contributed by atoms with E-state index >= 15 is 0 Å². The van der Waals surface area contributed by atoms with Gasteiger partial charge in [-0.25, -0.2) is 9.79 Å². The molecule has 0 fully saturated rings. The van der Waals surface area contributed by atoms with Crippen LogP contribution < -0.4 is 0 Å². The number of rotatable bonds is 1. The lowest BCUT2D eigenvalue weighted by Crippen LogP contribution is -2.00. The van der Waals surface area contributed by atoms with Crippen LogP contribution in [-0.4, -0.2) is 11.9 Å². The highest BCUT2D eigenvalue weighted by Gasteiger charge is 2.28. The summed E-state index contributed by atoms with van der Waals surface area (Å²) in [6, 6.07) is 7.13. The van der Waals surface area contributed by atoms with Crippen molar-refractivity contribution < 1.29 is 9.53 Å². The first kappa shape index (κ1) is 11.6. The maximum Gasteiger partial charge on any atom is 0.358 e. The van der Waals surface area contributed by atoms with Gasteiger partial charge in [-0.05, 0) is 24.3 Å². The van der Waals surface area contributed by atoms with E-state index in [9.17, 15) is 4.79 Å². The number of hydrogen-bond acceptors (Lipinski definition) is 3. The van der Waals surface area contributed by atoms with Crippen molar-refractivity contribution in [2.45, 2.75) is 0 Å². The minimum Gasteiger partial charge on any atom is -0.401 e. The normalized spacial score (nSPS) is 18.2. The van der Waals surface area contributed by atoms with Gasteiger partial charge in [0.1, 0.15) is 5.03 Å². The number of halogens is 3. The fourth-order valence-electron chi connectivity index (χ4n) is 1.07. The number of aliphatic imine (C=N–C) groups is 1. The molecule has 1 aromatic carbocycles. The first-order valence-corrected chi connectivity index (χ1v) is 5.75. The summed E-state index contributed by atoms with van der Waals surface area (Å²) >= 11 is 14.6. The summed E-state index contributed by atoms with van der Waals surface area (Å²) < 4.78 is 5.71. The monoisotopic (exact) mass is 319 g/mol. The van der Waals surface area contributed by atoms with Crippen molar-refractivity contribution in [1.82, 2.24) is 0 Å². The van der Waals surface area contributed by atoms with Crippen molar-refractivity contribution in [2.24, 2.45) is 4.99 Å². The van der Waals surface area contributed by atoms with Gasteiger partial charge in [0, 0.05) is 4.47 Å². The van der Waals surface area contributed by atoms with Gasteiger partial charge in [0.25, 0.3) is 0 Å². The molecule has 0 aliphatic carbocycles. The standard InChI is InChI=1S/C10H4BrCl2NO2/c11-5-1-3-6(4-2-5)14-9-7(12)8(13)10(15)16-9/h1-4H. The zero-order valence-corrected chi connectivity index (χ0v) is 10.8. The second-order valence-electron chi connectivity index (χ2n) is 2.91. The molecule has 6 heteroatoms. The minimum atomic E-state index is -0.678. The maximum absolute atomic E-state index is 11.1. The number of nitrogens with zero attached hydrogens (tertiary/aromatic N) is 1. The summed E-state index contributed by atoms with van der Waals surface area (Å²) in [5.41, 5.74) is 0.621. The van der Waals surface area contributed by atoms with Gasteiger partial charge in [-0.2, -0.15) is 0 Å². The Hall–Kier alpha value is -0.840. The lowest BCUT2D eigenvalue weighted by molar-refractivity contribution is -0.129. The molecule has 0 atom stereocenters. The molecule has 82 valence electrons. The Kier molecular flexibility index (Phi) is 3.33. The van der Waals surface area contributed by atoms with Crippen LogP contribution in [-0.2, 0) is 9.53 Å². The van der Waals surface area contributed by atoms with E-state index in [-0.39, 0.29) is 16.0 Å². The van der Waals surface area contributed by atoms with E-state index < -0.39 is 5.97 Å². The van der Waals surface area contributed by atoms with Crippen molar-refractivity contribution in [2.75, 3.05) is 0 Å². The number of cyclic esters (lactones) is 1. The van der Waals surface area contributed by atoms with Crippen LogP contribution in [0.25, 0.3) is 0 Å². The van der Waals surface area contributed by atoms with Gasteiger partial charge in [0.15, 0.2) is 5.03 Å². The molecule has 2 rings (SSSR count). The third-order valence-corrected chi connectivity index (χ3v) is 3.13. The largest absolute Gasteiger partial charge is 0.401 e. The van der Waals surface area contributed by atoms with E-state index in [1.165, 1.54) is 0 Å². The van der Waals surface area contributed by atoms with E-state index in [4.69, 9.17) is 27.9 Å². The van der Waals surface area contributed by atoms with Crippen LogP contribution in [0, 0.1) is 0 Å². The highest BCUT2D eigenvalue weighted by Crippen LogP contribution is 2.27. The van der Waals surface area contributed by atoms with Crippen molar-refractivity contribution in [3.8, 4) is 0 Å². The fourth-order valence-corrected chi connectivity index (χ4v) is 1.61. The summed E-state index contributed by atoms with van der Waals surface area (Å²) in [5, 5.41) is -0.105. The van der Waals surface area contributed by atoms with E-state index in [2.05, 4.69) is 20.9 Å². The van der Waals surface area contributed by atoms with Crippen LogP contribution >= 0.6 is 39.1 Å². The Morgan fingerprint density at radius 2 is 1.75 bits per heavy atom. The number of ether oxygens (including phenoxy) is 1. The van der Waals surface area contributed by atoms with Crippen LogP contribution in [0.15, 0.2) is 43.8 Å². The van der Waals surface area contributed by atoms with Crippen LogP contribution in [0.5, 0.6) is 0 Å². The van der Waals surface area contributed by atoms with Crippen molar-refractivity contribution >= 4 is 56.7 Å². The predicted molar refractivity (Wildman–Crippen MR) is 66.1 cm³/mol. The molecule has 0 amide bonds. The van der Waals surface area contributed by atoms with Gasteiger partial charge >= 0.3 is 5.97 Å². The molecule has 0 unspecified atom stereocenters. The first-order chi connectivity index (χ1) is 7.58. The maximum atomic E-state index is 11.1. The molecule has 0 radical (unpaired) electrons. The summed E-state index contributed by atoms with van der Waals surface area (Å²) in [6.07, 6.45) is 0. The number of carbonyl (C=O) groups excluding carboxylic acids is 1. The highest BCUT2D eigenvalue weighted by atomic mass is 79.9. The molecule has 0 spiro atoms. The van der Waals surface area contributed by atoms with E-state index in [1.54, 1.807) is 12.1 Å². The molecule has 0 bridgehead atoms. The Labute approximate surface area is 110 Å². The molecule has 1 aliphatic heterocycles. The summed E-state index contributed by atoms with van der Waals surface area (Å²) in [5.74, 6) is -0.651. The zero-order chi connectivity index (χ0) is 11.7. The van der Waals surface area contributed by atoms with Crippen molar-refractivity contribution in [3.05, 3.63) is 38.8 Å². The van der Waals surface area contributed by atoms with Crippen LogP contribution in [0.2, 0.25) is 0 Å². The van der Waals surface area contributed by atoms with Crippen LogP contribution in [0.4, 0.5) is 5.69 Å². The molecule has 1 aromatic rings. The molecule has 0 saturated heterocycles. The Balaban J connectivity index is 2.33. The molecule has 1 heterocycles. The quantitative estimate of drug-likeness (QED) is 0.740. The molecule has 0 saturated carbocycles. The van der Waals surface area contributed by atoms with Crippen LogP contribution in [0.1, 0.15) is 0 Å². The predicted octanol–water partition coefficient (Wildman–Crippen LogP) is 3.73. The number of benzene rings is 1. The Morgan fingerprint density at radius 1 is 1.12 bits per heavy atom. The summed E-state index contributed by atoms with van der Waals surface area (Å²) in [4.78, 5) is 15.1. The zero-order valence-electron chi connectivity index (χ0n) is 7.71.